The second-order valence-electron chi connectivity index (χ2n) is 4.84. The lowest BCUT2D eigenvalue weighted by Gasteiger charge is -2.23. The Bertz CT molecular complexity index is 245. The highest BCUT2D eigenvalue weighted by molar-refractivity contribution is 5.85. The van der Waals surface area contributed by atoms with Crippen LogP contribution in [0.25, 0.3) is 0 Å². The van der Waals surface area contributed by atoms with E-state index in [1.807, 2.05) is 6.92 Å². The van der Waals surface area contributed by atoms with Crippen molar-refractivity contribution in [2.45, 2.75) is 38.3 Å². The van der Waals surface area contributed by atoms with Gasteiger partial charge in [-0.3, -0.25) is 9.69 Å². The summed E-state index contributed by atoms with van der Waals surface area (Å²) in [5.41, 5.74) is 5.64. The maximum Gasteiger partial charge on any atom is 0.237 e. The normalized spacial score (nSPS) is 27.2. The summed E-state index contributed by atoms with van der Waals surface area (Å²) in [7, 11) is 0. The number of halogens is 1. The Morgan fingerprint density at radius 3 is 2.69 bits per heavy atom. The fourth-order valence-corrected chi connectivity index (χ4v) is 2.12. The number of carbonyl (C=O) groups excluding carboxylic acids is 1. The van der Waals surface area contributed by atoms with Crippen molar-refractivity contribution in [1.82, 2.24) is 10.2 Å². The summed E-state index contributed by atoms with van der Waals surface area (Å²) >= 11 is 0. The number of nitrogens with two attached hydrogens (primary N) is 1. The van der Waals surface area contributed by atoms with Crippen LogP contribution in [0.15, 0.2) is 0 Å². The largest absolute Gasteiger partial charge is 0.352 e. The van der Waals surface area contributed by atoms with Gasteiger partial charge >= 0.3 is 0 Å². The monoisotopic (exact) mass is 247 g/mol. The van der Waals surface area contributed by atoms with E-state index in [1.165, 1.54) is 0 Å². The Morgan fingerprint density at radius 1 is 1.50 bits per heavy atom. The van der Waals surface area contributed by atoms with Gasteiger partial charge in [-0.15, -0.1) is 12.4 Å². The summed E-state index contributed by atoms with van der Waals surface area (Å²) in [6, 6.07) is 0.481. The van der Waals surface area contributed by atoms with Crippen LogP contribution in [0.5, 0.6) is 0 Å². The zero-order valence-electron chi connectivity index (χ0n) is 9.82. The van der Waals surface area contributed by atoms with Crippen LogP contribution in [0, 0.1) is 5.92 Å². The molecule has 2 aliphatic rings. The summed E-state index contributed by atoms with van der Waals surface area (Å²) in [5.74, 6) is 0.774. The van der Waals surface area contributed by atoms with Crippen molar-refractivity contribution in [3.8, 4) is 0 Å². The fraction of sp³-hybridized carbons (Fsp3) is 0.909. The van der Waals surface area contributed by atoms with Crippen LogP contribution in [-0.2, 0) is 4.79 Å². The van der Waals surface area contributed by atoms with Gasteiger partial charge in [0.05, 0.1) is 6.04 Å². The van der Waals surface area contributed by atoms with Crippen molar-refractivity contribution in [3.05, 3.63) is 0 Å². The predicted molar refractivity (Wildman–Crippen MR) is 66.6 cm³/mol. The number of hydrogen-bond donors (Lipinski definition) is 2. The van der Waals surface area contributed by atoms with Crippen LogP contribution in [0.3, 0.4) is 0 Å². The smallest absolute Gasteiger partial charge is 0.237 e. The number of amides is 1. The molecule has 2 rings (SSSR count). The average Bonchev–Trinajstić information content (AvgIpc) is 2.92. The van der Waals surface area contributed by atoms with E-state index in [-0.39, 0.29) is 24.4 Å². The van der Waals surface area contributed by atoms with E-state index in [0.717, 1.165) is 38.9 Å². The van der Waals surface area contributed by atoms with Gasteiger partial charge in [0.15, 0.2) is 0 Å². The summed E-state index contributed by atoms with van der Waals surface area (Å²) in [4.78, 5) is 14.0. The van der Waals surface area contributed by atoms with Gasteiger partial charge in [0, 0.05) is 12.6 Å². The molecule has 1 aliphatic heterocycles. The van der Waals surface area contributed by atoms with Crippen molar-refractivity contribution >= 4 is 18.3 Å². The van der Waals surface area contributed by atoms with Crippen LogP contribution in [0.4, 0.5) is 0 Å². The predicted octanol–water partition coefficient (Wildman–Crippen LogP) is 0.356. The molecule has 2 atom stereocenters. The van der Waals surface area contributed by atoms with E-state index < -0.39 is 0 Å². The maximum atomic E-state index is 11.8. The summed E-state index contributed by atoms with van der Waals surface area (Å²) in [6.45, 7) is 4.74. The van der Waals surface area contributed by atoms with E-state index in [0.29, 0.717) is 12.0 Å². The number of nitrogens with zero attached hydrogens (tertiary/aromatic N) is 1. The van der Waals surface area contributed by atoms with Crippen LogP contribution >= 0.6 is 12.4 Å². The van der Waals surface area contributed by atoms with Crippen molar-refractivity contribution < 1.29 is 4.79 Å². The number of nitrogens with one attached hydrogen (secondary N) is 1. The Kier molecular flexibility index (Phi) is 5.02. The van der Waals surface area contributed by atoms with Crippen molar-refractivity contribution in [1.29, 1.82) is 0 Å². The van der Waals surface area contributed by atoms with Crippen LogP contribution in [0.1, 0.15) is 26.2 Å². The lowest BCUT2D eigenvalue weighted by atomic mass is 10.1. The lowest BCUT2D eigenvalue weighted by Crippen LogP contribution is -2.45. The number of likely N-dealkylation sites (tertiary alicyclic amines) is 1. The molecule has 1 heterocycles. The molecule has 3 N–H and O–H groups in total. The number of rotatable bonds is 4. The van der Waals surface area contributed by atoms with E-state index in [2.05, 4.69) is 10.2 Å². The first-order valence-electron chi connectivity index (χ1n) is 5.95. The zero-order chi connectivity index (χ0) is 10.8. The zero-order valence-corrected chi connectivity index (χ0v) is 10.6. The molecule has 1 amide bonds. The SMILES string of the molecule is CC(C(=O)NC1CC1)N1CCC(CN)C1.Cl. The van der Waals surface area contributed by atoms with Crippen LogP contribution < -0.4 is 11.1 Å². The Labute approximate surface area is 103 Å². The molecule has 1 saturated carbocycles. The van der Waals surface area contributed by atoms with Gasteiger partial charge < -0.3 is 11.1 Å². The molecule has 16 heavy (non-hydrogen) atoms. The molecule has 0 bridgehead atoms. The van der Waals surface area contributed by atoms with E-state index in [1.54, 1.807) is 0 Å². The molecule has 94 valence electrons. The molecule has 0 aromatic rings. The highest BCUT2D eigenvalue weighted by atomic mass is 35.5. The third-order valence-corrected chi connectivity index (χ3v) is 3.50. The summed E-state index contributed by atoms with van der Waals surface area (Å²) in [5, 5.41) is 3.05. The van der Waals surface area contributed by atoms with Gasteiger partial charge in [-0.25, -0.2) is 0 Å². The topological polar surface area (TPSA) is 58.4 Å². The van der Waals surface area contributed by atoms with Gasteiger partial charge in [0.1, 0.15) is 0 Å². The van der Waals surface area contributed by atoms with Crippen molar-refractivity contribution in [3.63, 3.8) is 0 Å². The van der Waals surface area contributed by atoms with Crippen LogP contribution in [0.2, 0.25) is 0 Å². The third kappa shape index (κ3) is 3.34. The Hall–Kier alpha value is -0.320. The first kappa shape index (κ1) is 13.7. The first-order valence-corrected chi connectivity index (χ1v) is 5.95. The molecular formula is C11H22ClN3O. The molecule has 0 spiro atoms. The Balaban J connectivity index is 0.00000128. The van der Waals surface area contributed by atoms with Gasteiger partial charge in [-0.1, -0.05) is 0 Å². The molecular weight excluding hydrogens is 226 g/mol. The molecule has 0 aromatic heterocycles. The molecule has 0 radical (unpaired) electrons. The summed E-state index contributed by atoms with van der Waals surface area (Å²) in [6.07, 6.45) is 3.45. The van der Waals surface area contributed by atoms with Crippen molar-refractivity contribution in [2.24, 2.45) is 11.7 Å². The van der Waals surface area contributed by atoms with E-state index >= 15 is 0 Å². The molecule has 1 aliphatic carbocycles. The second-order valence-corrected chi connectivity index (χ2v) is 4.84. The highest BCUT2D eigenvalue weighted by Crippen LogP contribution is 2.21. The van der Waals surface area contributed by atoms with Gasteiger partial charge in [0.2, 0.25) is 5.91 Å². The molecule has 1 saturated heterocycles. The maximum absolute atomic E-state index is 11.8. The van der Waals surface area contributed by atoms with E-state index in [4.69, 9.17) is 5.73 Å². The van der Waals surface area contributed by atoms with Gasteiger partial charge in [-0.05, 0) is 45.2 Å². The fourth-order valence-electron chi connectivity index (χ4n) is 2.12. The quantitative estimate of drug-likeness (QED) is 0.754. The minimum atomic E-state index is 0. The number of carbonyl (C=O) groups is 1. The molecule has 2 fully saturated rings. The van der Waals surface area contributed by atoms with E-state index in [9.17, 15) is 4.79 Å². The number of hydrogen-bond acceptors (Lipinski definition) is 3. The molecule has 5 heteroatoms. The molecule has 4 nitrogen and oxygen atoms in total. The van der Waals surface area contributed by atoms with Crippen LogP contribution in [-0.4, -0.2) is 42.5 Å². The second kappa shape index (κ2) is 5.84. The molecule has 0 aromatic carbocycles. The first-order chi connectivity index (χ1) is 7.20. The van der Waals surface area contributed by atoms with Gasteiger partial charge in [0.25, 0.3) is 0 Å². The summed E-state index contributed by atoms with van der Waals surface area (Å²) < 4.78 is 0. The van der Waals surface area contributed by atoms with Crippen molar-refractivity contribution in [2.75, 3.05) is 19.6 Å². The van der Waals surface area contributed by atoms with Gasteiger partial charge in [-0.2, -0.15) is 0 Å². The minimum absolute atomic E-state index is 0. The lowest BCUT2D eigenvalue weighted by molar-refractivity contribution is -0.125. The third-order valence-electron chi connectivity index (χ3n) is 3.50. The standard InChI is InChI=1S/C11H21N3O.ClH/c1-8(11(15)13-10-2-3-10)14-5-4-9(6-12)7-14;/h8-10H,2-7,12H2,1H3,(H,13,15);1H. The highest BCUT2D eigenvalue weighted by Gasteiger charge is 2.31. The Morgan fingerprint density at radius 2 is 2.19 bits per heavy atom. The minimum Gasteiger partial charge on any atom is -0.352 e. The average molecular weight is 248 g/mol. The molecule has 2 unspecified atom stereocenters.